The van der Waals surface area contributed by atoms with Gasteiger partial charge in [-0.25, -0.2) is 8.42 Å². The van der Waals surface area contributed by atoms with Gasteiger partial charge in [0.25, 0.3) is 0 Å². The summed E-state index contributed by atoms with van der Waals surface area (Å²) in [6.07, 6.45) is 3.37. The lowest BCUT2D eigenvalue weighted by Crippen LogP contribution is -2.43. The van der Waals surface area contributed by atoms with Crippen LogP contribution in [0.4, 0.5) is 0 Å². The minimum Gasteiger partial charge on any atom is -0.317 e. The molecule has 1 aromatic heterocycles. The van der Waals surface area contributed by atoms with Gasteiger partial charge >= 0.3 is 0 Å². The Morgan fingerprint density at radius 2 is 1.95 bits per heavy atom. The maximum Gasteiger partial charge on any atom is 0.243 e. The zero-order valence-corrected chi connectivity index (χ0v) is 12.8. The quantitative estimate of drug-likeness (QED) is 0.936. The molecule has 112 valence electrons. The highest BCUT2D eigenvalue weighted by molar-refractivity contribution is 7.89. The molecule has 1 N–H and O–H groups in total. The fourth-order valence-electron chi connectivity index (χ4n) is 2.82. The second kappa shape index (κ2) is 5.71. The number of nitrogens with zero attached hydrogens (tertiary/aromatic N) is 2. The molecule has 1 aliphatic heterocycles. The molecule has 0 amide bonds. The number of fused-ring (bicyclic) bond motifs is 1. The predicted molar refractivity (Wildman–Crippen MR) is 82.6 cm³/mol. The van der Waals surface area contributed by atoms with E-state index in [0.29, 0.717) is 15.8 Å². The van der Waals surface area contributed by atoms with Crippen molar-refractivity contribution in [2.75, 3.05) is 20.1 Å². The molecular formula is C15H19N3O2S. The molecule has 1 fully saturated rings. The molecule has 3 rings (SSSR count). The summed E-state index contributed by atoms with van der Waals surface area (Å²) in [5.41, 5.74) is 0.706. The lowest BCUT2D eigenvalue weighted by molar-refractivity contribution is 0.296. The van der Waals surface area contributed by atoms with Gasteiger partial charge in [0.05, 0.1) is 10.4 Å². The summed E-state index contributed by atoms with van der Waals surface area (Å²) in [5, 5.41) is 3.94. The van der Waals surface area contributed by atoms with Gasteiger partial charge in [-0.3, -0.25) is 4.98 Å². The third-order valence-electron chi connectivity index (χ3n) is 4.09. The molecule has 0 unspecified atom stereocenters. The van der Waals surface area contributed by atoms with Gasteiger partial charge in [-0.05, 0) is 50.2 Å². The normalized spacial score (nSPS) is 17.4. The Morgan fingerprint density at radius 1 is 1.19 bits per heavy atom. The second-order valence-electron chi connectivity index (χ2n) is 5.33. The highest BCUT2D eigenvalue weighted by Gasteiger charge is 2.30. The number of nitrogens with one attached hydrogen (secondary N) is 1. The van der Waals surface area contributed by atoms with Crippen molar-refractivity contribution in [3.63, 3.8) is 0 Å². The van der Waals surface area contributed by atoms with Crippen LogP contribution in [0.3, 0.4) is 0 Å². The summed E-state index contributed by atoms with van der Waals surface area (Å²) in [4.78, 5) is 4.58. The van der Waals surface area contributed by atoms with Crippen LogP contribution in [0.1, 0.15) is 12.8 Å². The molecule has 0 atom stereocenters. The van der Waals surface area contributed by atoms with Crippen LogP contribution in [-0.4, -0.2) is 43.9 Å². The van der Waals surface area contributed by atoms with E-state index in [2.05, 4.69) is 10.3 Å². The lowest BCUT2D eigenvalue weighted by atomic mass is 10.1. The topological polar surface area (TPSA) is 62.3 Å². The Labute approximate surface area is 125 Å². The van der Waals surface area contributed by atoms with Crippen molar-refractivity contribution in [3.8, 4) is 0 Å². The van der Waals surface area contributed by atoms with Gasteiger partial charge in [0, 0.05) is 24.7 Å². The zero-order chi connectivity index (χ0) is 14.9. The maximum atomic E-state index is 12.9. The first-order valence-electron chi connectivity index (χ1n) is 7.13. The summed E-state index contributed by atoms with van der Waals surface area (Å²) < 4.78 is 27.4. The third-order valence-corrected chi connectivity index (χ3v) is 6.05. The molecular weight excluding hydrogens is 286 g/mol. The molecule has 1 saturated heterocycles. The van der Waals surface area contributed by atoms with E-state index in [1.165, 1.54) is 4.31 Å². The van der Waals surface area contributed by atoms with Gasteiger partial charge < -0.3 is 5.32 Å². The SMILES string of the molecule is CN(C1CCNCC1)S(=O)(=O)c1cccc2ncccc12. The van der Waals surface area contributed by atoms with Crippen LogP contribution in [-0.2, 0) is 10.0 Å². The molecule has 0 saturated carbocycles. The third kappa shape index (κ3) is 2.66. The first-order chi connectivity index (χ1) is 10.1. The maximum absolute atomic E-state index is 12.9. The summed E-state index contributed by atoms with van der Waals surface area (Å²) in [6.45, 7) is 1.73. The number of benzene rings is 1. The number of rotatable bonds is 3. The lowest BCUT2D eigenvalue weighted by Gasteiger charge is -2.31. The number of sulfonamides is 1. The summed E-state index contributed by atoms with van der Waals surface area (Å²) in [5.74, 6) is 0. The van der Waals surface area contributed by atoms with E-state index in [9.17, 15) is 8.42 Å². The summed E-state index contributed by atoms with van der Waals surface area (Å²) in [6, 6.07) is 8.88. The van der Waals surface area contributed by atoms with Gasteiger partial charge in [0.15, 0.2) is 0 Å². The Hall–Kier alpha value is -1.50. The standard InChI is InChI=1S/C15H19N3O2S/c1-18(12-7-10-16-11-8-12)21(19,20)15-6-2-5-14-13(15)4-3-9-17-14/h2-6,9,12,16H,7-8,10-11H2,1H3. The van der Waals surface area contributed by atoms with E-state index < -0.39 is 10.0 Å². The van der Waals surface area contributed by atoms with Crippen LogP contribution in [0, 0.1) is 0 Å². The Bertz CT molecular complexity index is 734. The van der Waals surface area contributed by atoms with Crippen molar-refractivity contribution in [1.29, 1.82) is 0 Å². The average molecular weight is 305 g/mol. The fourth-order valence-corrected chi connectivity index (χ4v) is 4.44. The molecule has 0 radical (unpaired) electrons. The minimum absolute atomic E-state index is 0.0585. The first-order valence-corrected chi connectivity index (χ1v) is 8.57. The smallest absolute Gasteiger partial charge is 0.243 e. The van der Waals surface area contributed by atoms with E-state index in [0.717, 1.165) is 25.9 Å². The van der Waals surface area contributed by atoms with E-state index in [4.69, 9.17) is 0 Å². The molecule has 21 heavy (non-hydrogen) atoms. The van der Waals surface area contributed by atoms with Crippen molar-refractivity contribution in [2.24, 2.45) is 0 Å². The molecule has 0 spiro atoms. The molecule has 5 nitrogen and oxygen atoms in total. The Morgan fingerprint density at radius 3 is 2.71 bits per heavy atom. The molecule has 0 aliphatic carbocycles. The van der Waals surface area contributed by atoms with Crippen molar-refractivity contribution in [2.45, 2.75) is 23.8 Å². The number of hydrogen-bond donors (Lipinski definition) is 1. The van der Waals surface area contributed by atoms with Crippen LogP contribution < -0.4 is 5.32 Å². The van der Waals surface area contributed by atoms with Gasteiger partial charge in [-0.2, -0.15) is 4.31 Å². The fraction of sp³-hybridized carbons (Fsp3) is 0.400. The zero-order valence-electron chi connectivity index (χ0n) is 12.0. The second-order valence-corrected chi connectivity index (χ2v) is 7.29. The minimum atomic E-state index is -3.50. The van der Waals surface area contributed by atoms with Gasteiger partial charge in [0.1, 0.15) is 0 Å². The largest absolute Gasteiger partial charge is 0.317 e. The van der Waals surface area contributed by atoms with E-state index in [1.807, 2.05) is 12.1 Å². The number of pyridine rings is 1. The van der Waals surface area contributed by atoms with Gasteiger partial charge in [-0.1, -0.05) is 6.07 Å². The average Bonchev–Trinajstić information content (AvgIpc) is 2.54. The van der Waals surface area contributed by atoms with Crippen molar-refractivity contribution in [3.05, 3.63) is 36.5 Å². The first kappa shape index (κ1) is 14.4. The Balaban J connectivity index is 2.03. The van der Waals surface area contributed by atoms with Crippen molar-refractivity contribution < 1.29 is 8.42 Å². The molecule has 6 heteroatoms. The van der Waals surface area contributed by atoms with Gasteiger partial charge in [-0.15, -0.1) is 0 Å². The van der Waals surface area contributed by atoms with Gasteiger partial charge in [0.2, 0.25) is 10.0 Å². The van der Waals surface area contributed by atoms with Crippen LogP contribution in [0.25, 0.3) is 10.9 Å². The highest BCUT2D eigenvalue weighted by Crippen LogP contribution is 2.26. The number of hydrogen-bond acceptors (Lipinski definition) is 4. The van der Waals surface area contributed by atoms with Crippen LogP contribution >= 0.6 is 0 Å². The Kier molecular flexibility index (Phi) is 3.93. The monoisotopic (exact) mass is 305 g/mol. The van der Waals surface area contributed by atoms with Crippen molar-refractivity contribution >= 4 is 20.9 Å². The molecule has 2 aromatic rings. The summed E-state index contributed by atoms with van der Waals surface area (Å²) in [7, 11) is -1.82. The van der Waals surface area contributed by atoms with Crippen molar-refractivity contribution in [1.82, 2.24) is 14.6 Å². The molecule has 1 aromatic carbocycles. The predicted octanol–water partition coefficient (Wildman–Crippen LogP) is 1.61. The van der Waals surface area contributed by atoms with Crippen LogP contribution in [0.2, 0.25) is 0 Å². The highest BCUT2D eigenvalue weighted by atomic mass is 32.2. The van der Waals surface area contributed by atoms with E-state index in [1.54, 1.807) is 31.4 Å². The molecule has 0 bridgehead atoms. The molecule has 1 aliphatic rings. The van der Waals surface area contributed by atoms with Crippen LogP contribution in [0.15, 0.2) is 41.4 Å². The molecule has 2 heterocycles. The van der Waals surface area contributed by atoms with E-state index in [-0.39, 0.29) is 6.04 Å². The van der Waals surface area contributed by atoms with Crippen LogP contribution in [0.5, 0.6) is 0 Å². The number of aromatic nitrogens is 1. The van der Waals surface area contributed by atoms with E-state index >= 15 is 0 Å². The summed E-state index contributed by atoms with van der Waals surface area (Å²) >= 11 is 0. The number of piperidine rings is 1.